The second kappa shape index (κ2) is 4.60. The van der Waals surface area contributed by atoms with E-state index in [-0.39, 0.29) is 5.56 Å². The van der Waals surface area contributed by atoms with Crippen molar-refractivity contribution in [2.45, 2.75) is 26.3 Å². The van der Waals surface area contributed by atoms with E-state index in [1.165, 1.54) is 22.7 Å². The molecule has 1 aliphatic rings. The Labute approximate surface area is 128 Å². The largest absolute Gasteiger partial charge is 0.363 e. The zero-order chi connectivity index (χ0) is 14.6. The maximum Gasteiger partial charge on any atom is 0.262 e. The van der Waals surface area contributed by atoms with Crippen LogP contribution in [0.2, 0.25) is 0 Å². The number of aryl methyl sites for hydroxylation is 2. The van der Waals surface area contributed by atoms with Crippen LogP contribution in [0.4, 0.5) is 5.13 Å². The van der Waals surface area contributed by atoms with Crippen LogP contribution in [0, 0.1) is 6.92 Å². The Hall–Kier alpha value is -1.80. The highest BCUT2D eigenvalue weighted by atomic mass is 32.1. The van der Waals surface area contributed by atoms with Gasteiger partial charge in [0.15, 0.2) is 5.01 Å². The van der Waals surface area contributed by atoms with Gasteiger partial charge in [0, 0.05) is 20.0 Å². The summed E-state index contributed by atoms with van der Waals surface area (Å²) in [6, 6.07) is 0. The van der Waals surface area contributed by atoms with E-state index in [0.29, 0.717) is 0 Å². The monoisotopic (exact) mass is 319 g/mol. The summed E-state index contributed by atoms with van der Waals surface area (Å²) in [6.45, 7) is 2.75. The van der Waals surface area contributed by atoms with Gasteiger partial charge in [0.2, 0.25) is 5.13 Å². The summed E-state index contributed by atoms with van der Waals surface area (Å²) in [5.41, 5.74) is 1.05. The summed E-state index contributed by atoms with van der Waals surface area (Å²) in [5.74, 6) is 0.911. The third kappa shape index (κ3) is 1.82. The van der Waals surface area contributed by atoms with E-state index >= 15 is 0 Å². The van der Waals surface area contributed by atoms with Crippen LogP contribution in [0.1, 0.15) is 17.8 Å². The summed E-state index contributed by atoms with van der Waals surface area (Å²) in [6.07, 6.45) is 1.90. The zero-order valence-electron chi connectivity index (χ0n) is 11.6. The molecule has 4 rings (SSSR count). The second-order valence-corrected chi connectivity index (χ2v) is 6.96. The molecule has 6 nitrogen and oxygen atoms in total. The molecule has 0 aliphatic carbocycles. The van der Waals surface area contributed by atoms with Gasteiger partial charge in [0.25, 0.3) is 5.56 Å². The van der Waals surface area contributed by atoms with Crippen LogP contribution < -0.4 is 10.9 Å². The molecule has 3 aromatic rings. The Bertz CT molecular complexity index is 907. The van der Waals surface area contributed by atoms with Crippen molar-refractivity contribution in [2.75, 3.05) is 12.4 Å². The summed E-state index contributed by atoms with van der Waals surface area (Å²) in [4.78, 5) is 19.1. The lowest BCUT2D eigenvalue weighted by Crippen LogP contribution is -2.20. The fraction of sp³-hybridized carbons (Fsp3) is 0.385. The Balaban J connectivity index is 1.98. The molecule has 1 aliphatic heterocycles. The van der Waals surface area contributed by atoms with Gasteiger partial charge in [-0.2, -0.15) is 0 Å². The normalized spacial score (nSPS) is 13.8. The van der Waals surface area contributed by atoms with Gasteiger partial charge in [-0.25, -0.2) is 4.98 Å². The van der Waals surface area contributed by atoms with Gasteiger partial charge in [-0.15, -0.1) is 21.5 Å². The fourth-order valence-electron chi connectivity index (χ4n) is 2.70. The first-order chi connectivity index (χ1) is 10.2. The predicted octanol–water partition coefficient (Wildman–Crippen LogP) is 2.27. The lowest BCUT2D eigenvalue weighted by Gasteiger charge is -2.01. The number of anilines is 1. The summed E-state index contributed by atoms with van der Waals surface area (Å²) in [7, 11) is 1.82. The maximum atomic E-state index is 12.6. The molecular formula is C13H13N5OS2. The highest BCUT2D eigenvalue weighted by Crippen LogP contribution is 2.38. The average Bonchev–Trinajstić information content (AvgIpc) is 3.17. The van der Waals surface area contributed by atoms with Crippen LogP contribution in [0.3, 0.4) is 0 Å². The lowest BCUT2D eigenvalue weighted by molar-refractivity contribution is 0.719. The Morgan fingerprint density at radius 3 is 2.90 bits per heavy atom. The predicted molar refractivity (Wildman–Crippen MR) is 85.4 cm³/mol. The molecule has 0 unspecified atom stereocenters. The van der Waals surface area contributed by atoms with Crippen LogP contribution in [0.5, 0.6) is 0 Å². The van der Waals surface area contributed by atoms with E-state index < -0.39 is 0 Å². The number of rotatable bonds is 2. The minimum atomic E-state index is 0.0888. The molecule has 0 fully saturated rings. The van der Waals surface area contributed by atoms with Crippen LogP contribution in [0.25, 0.3) is 20.1 Å². The Morgan fingerprint density at radius 2 is 2.14 bits per heavy atom. The van der Waals surface area contributed by atoms with Gasteiger partial charge >= 0.3 is 0 Å². The van der Waals surface area contributed by atoms with Crippen LogP contribution in [-0.4, -0.2) is 26.8 Å². The standard InChI is InChI=1S/C13H13N5OS2/c1-6-8-10(15-7-4-3-5-18(7)12(8)19)20-9(6)11-16-17-13(14-2)21-11/h3-5H2,1-2H3,(H,14,17). The number of thiophene rings is 1. The zero-order valence-corrected chi connectivity index (χ0v) is 13.3. The first kappa shape index (κ1) is 12.9. The number of aromatic nitrogens is 4. The van der Waals surface area contributed by atoms with E-state index in [0.717, 1.165) is 56.0 Å². The molecule has 0 radical (unpaired) electrons. The third-order valence-electron chi connectivity index (χ3n) is 3.74. The molecule has 0 bridgehead atoms. The van der Waals surface area contributed by atoms with Crippen molar-refractivity contribution >= 4 is 38.0 Å². The maximum absolute atomic E-state index is 12.6. The molecule has 4 heterocycles. The highest BCUT2D eigenvalue weighted by molar-refractivity contribution is 7.26. The Morgan fingerprint density at radius 1 is 1.29 bits per heavy atom. The topological polar surface area (TPSA) is 72.7 Å². The average molecular weight is 319 g/mol. The molecule has 0 atom stereocenters. The van der Waals surface area contributed by atoms with E-state index in [4.69, 9.17) is 0 Å². The van der Waals surface area contributed by atoms with Crippen LogP contribution in [0.15, 0.2) is 4.79 Å². The van der Waals surface area contributed by atoms with Gasteiger partial charge in [0.1, 0.15) is 10.7 Å². The molecule has 8 heteroatoms. The number of hydrogen-bond donors (Lipinski definition) is 1. The minimum absolute atomic E-state index is 0.0888. The van der Waals surface area contributed by atoms with Gasteiger partial charge in [0.05, 0.1) is 10.3 Å². The van der Waals surface area contributed by atoms with Crippen molar-refractivity contribution in [3.63, 3.8) is 0 Å². The van der Waals surface area contributed by atoms with Crippen molar-refractivity contribution in [2.24, 2.45) is 0 Å². The first-order valence-corrected chi connectivity index (χ1v) is 8.37. The molecule has 1 N–H and O–H groups in total. The molecule has 0 spiro atoms. The molecular weight excluding hydrogens is 306 g/mol. The van der Waals surface area contributed by atoms with Gasteiger partial charge in [-0.1, -0.05) is 11.3 Å². The highest BCUT2D eigenvalue weighted by Gasteiger charge is 2.22. The van der Waals surface area contributed by atoms with Gasteiger partial charge in [-0.05, 0) is 18.9 Å². The molecule has 0 aromatic carbocycles. The SMILES string of the molecule is CNc1nnc(-c2sc3nc4n(c(=O)c3c2C)CCC4)s1. The molecule has 21 heavy (non-hydrogen) atoms. The van der Waals surface area contributed by atoms with E-state index in [1.807, 2.05) is 18.5 Å². The van der Waals surface area contributed by atoms with Gasteiger partial charge in [-0.3, -0.25) is 9.36 Å². The van der Waals surface area contributed by atoms with Crippen molar-refractivity contribution in [3.05, 3.63) is 21.7 Å². The first-order valence-electron chi connectivity index (χ1n) is 6.73. The Kier molecular flexibility index (Phi) is 2.83. The number of hydrogen-bond acceptors (Lipinski definition) is 7. The van der Waals surface area contributed by atoms with Crippen molar-refractivity contribution in [1.29, 1.82) is 0 Å². The smallest absolute Gasteiger partial charge is 0.262 e. The van der Waals surface area contributed by atoms with Crippen molar-refractivity contribution in [3.8, 4) is 9.88 Å². The van der Waals surface area contributed by atoms with E-state index in [1.54, 1.807) is 0 Å². The minimum Gasteiger partial charge on any atom is -0.363 e. The fourth-order valence-corrected chi connectivity index (χ4v) is 4.71. The van der Waals surface area contributed by atoms with E-state index in [2.05, 4.69) is 20.5 Å². The molecule has 0 saturated heterocycles. The quantitative estimate of drug-likeness (QED) is 0.784. The summed E-state index contributed by atoms with van der Waals surface area (Å²) >= 11 is 3.03. The molecule has 108 valence electrons. The van der Waals surface area contributed by atoms with E-state index in [9.17, 15) is 4.79 Å². The van der Waals surface area contributed by atoms with Crippen LogP contribution in [-0.2, 0) is 13.0 Å². The summed E-state index contributed by atoms with van der Waals surface area (Å²) < 4.78 is 1.81. The van der Waals surface area contributed by atoms with Gasteiger partial charge < -0.3 is 5.32 Å². The third-order valence-corrected chi connectivity index (χ3v) is 6.02. The summed E-state index contributed by atoms with van der Waals surface area (Å²) in [5, 5.41) is 13.6. The molecule has 0 amide bonds. The van der Waals surface area contributed by atoms with Crippen LogP contribution >= 0.6 is 22.7 Å². The number of nitrogens with one attached hydrogen (secondary N) is 1. The molecule has 3 aromatic heterocycles. The number of nitrogens with zero attached hydrogens (tertiary/aromatic N) is 4. The van der Waals surface area contributed by atoms with Crippen molar-refractivity contribution < 1.29 is 0 Å². The number of fused-ring (bicyclic) bond motifs is 2. The lowest BCUT2D eigenvalue weighted by atomic mass is 10.2. The molecule has 0 saturated carbocycles. The van der Waals surface area contributed by atoms with Crippen molar-refractivity contribution in [1.82, 2.24) is 19.7 Å². The second-order valence-electron chi connectivity index (χ2n) is 4.99.